The molecule has 2 atom stereocenters. The molecule has 0 saturated heterocycles. The zero-order valence-corrected chi connectivity index (χ0v) is 9.82. The molecule has 1 aromatic carbocycles. The van der Waals surface area contributed by atoms with E-state index in [1.165, 1.54) is 7.11 Å². The van der Waals surface area contributed by atoms with E-state index in [1.54, 1.807) is 7.11 Å². The van der Waals surface area contributed by atoms with Crippen molar-refractivity contribution in [2.75, 3.05) is 14.2 Å². The minimum Gasteiger partial charge on any atom is -0.496 e. The zero-order chi connectivity index (χ0) is 11.8. The monoisotopic (exact) mass is 220 g/mol. The number of para-hydroxylation sites is 1. The van der Waals surface area contributed by atoms with Gasteiger partial charge in [-0.05, 0) is 18.4 Å². The Balaban J connectivity index is 2.46. The summed E-state index contributed by atoms with van der Waals surface area (Å²) in [6.07, 6.45) is 0.833. The number of benzene rings is 1. The highest BCUT2D eigenvalue weighted by molar-refractivity contribution is 5.88. The van der Waals surface area contributed by atoms with Crippen LogP contribution >= 0.6 is 0 Å². The fraction of sp³-hybridized carbons (Fsp3) is 0.462. The van der Waals surface area contributed by atoms with Gasteiger partial charge in [0, 0.05) is 5.56 Å². The Bertz CT molecular complexity index is 413. The van der Waals surface area contributed by atoms with Gasteiger partial charge in [-0.2, -0.15) is 0 Å². The van der Waals surface area contributed by atoms with E-state index < -0.39 is 5.41 Å². The highest BCUT2D eigenvalue weighted by Crippen LogP contribution is 2.57. The molecule has 1 saturated carbocycles. The molecule has 0 heterocycles. The fourth-order valence-electron chi connectivity index (χ4n) is 2.39. The average Bonchev–Trinajstić information content (AvgIpc) is 3.01. The number of ether oxygens (including phenoxy) is 2. The van der Waals surface area contributed by atoms with E-state index in [0.29, 0.717) is 5.92 Å². The van der Waals surface area contributed by atoms with Crippen molar-refractivity contribution in [2.45, 2.75) is 18.8 Å². The first kappa shape index (κ1) is 11.0. The molecule has 2 rings (SSSR count). The van der Waals surface area contributed by atoms with Gasteiger partial charge in [0.05, 0.1) is 19.6 Å². The van der Waals surface area contributed by atoms with Crippen LogP contribution in [-0.2, 0) is 14.9 Å². The van der Waals surface area contributed by atoms with Crippen LogP contribution in [0, 0.1) is 5.92 Å². The predicted octanol–water partition coefficient (Wildman–Crippen LogP) is 2.15. The maximum atomic E-state index is 11.9. The first-order valence-electron chi connectivity index (χ1n) is 5.38. The molecule has 0 amide bonds. The van der Waals surface area contributed by atoms with E-state index in [1.807, 2.05) is 24.3 Å². The van der Waals surface area contributed by atoms with Gasteiger partial charge >= 0.3 is 5.97 Å². The van der Waals surface area contributed by atoms with E-state index in [2.05, 4.69) is 6.92 Å². The molecule has 1 aliphatic carbocycles. The van der Waals surface area contributed by atoms with Crippen LogP contribution in [0.3, 0.4) is 0 Å². The van der Waals surface area contributed by atoms with Crippen molar-refractivity contribution in [1.29, 1.82) is 0 Å². The van der Waals surface area contributed by atoms with Gasteiger partial charge in [0.15, 0.2) is 0 Å². The standard InChI is InChI=1S/C13H16O3/c1-9-8-13(9,12(14)16-3)10-6-4-5-7-11(10)15-2/h4-7,9H,8H2,1-3H3. The van der Waals surface area contributed by atoms with Gasteiger partial charge in [-0.3, -0.25) is 4.79 Å². The average molecular weight is 220 g/mol. The van der Waals surface area contributed by atoms with Crippen molar-refractivity contribution in [3.05, 3.63) is 29.8 Å². The van der Waals surface area contributed by atoms with Crippen LogP contribution in [0.1, 0.15) is 18.9 Å². The molecule has 1 fully saturated rings. The molecule has 3 heteroatoms. The van der Waals surface area contributed by atoms with Gasteiger partial charge in [-0.15, -0.1) is 0 Å². The van der Waals surface area contributed by atoms with E-state index in [4.69, 9.17) is 9.47 Å². The number of carbonyl (C=O) groups excluding carboxylic acids is 1. The second-order valence-corrected chi connectivity index (χ2v) is 4.27. The van der Waals surface area contributed by atoms with Crippen LogP contribution in [0.15, 0.2) is 24.3 Å². The Morgan fingerprint density at radius 2 is 2.00 bits per heavy atom. The first-order chi connectivity index (χ1) is 7.66. The lowest BCUT2D eigenvalue weighted by molar-refractivity contribution is -0.144. The van der Waals surface area contributed by atoms with Gasteiger partial charge in [0.1, 0.15) is 5.75 Å². The Kier molecular flexibility index (Phi) is 2.62. The molecule has 0 bridgehead atoms. The molecule has 86 valence electrons. The number of rotatable bonds is 3. The topological polar surface area (TPSA) is 35.5 Å². The molecule has 1 aliphatic rings. The highest BCUT2D eigenvalue weighted by Gasteiger charge is 2.60. The molecule has 0 radical (unpaired) electrons. The molecule has 0 aliphatic heterocycles. The molecule has 3 nitrogen and oxygen atoms in total. The lowest BCUT2D eigenvalue weighted by Crippen LogP contribution is -2.24. The summed E-state index contributed by atoms with van der Waals surface area (Å²) in [5, 5.41) is 0. The van der Waals surface area contributed by atoms with Crippen molar-refractivity contribution < 1.29 is 14.3 Å². The normalized spacial score (nSPS) is 27.3. The molecule has 1 aromatic rings. The summed E-state index contributed by atoms with van der Waals surface area (Å²) >= 11 is 0. The number of hydrogen-bond donors (Lipinski definition) is 0. The molecule has 0 aromatic heterocycles. The second-order valence-electron chi connectivity index (χ2n) is 4.27. The Hall–Kier alpha value is -1.51. The molecular weight excluding hydrogens is 204 g/mol. The third-order valence-corrected chi connectivity index (χ3v) is 3.45. The van der Waals surface area contributed by atoms with Crippen molar-refractivity contribution in [3.63, 3.8) is 0 Å². The van der Waals surface area contributed by atoms with Crippen LogP contribution < -0.4 is 4.74 Å². The molecule has 16 heavy (non-hydrogen) atoms. The number of hydrogen-bond acceptors (Lipinski definition) is 3. The summed E-state index contributed by atoms with van der Waals surface area (Å²) in [4.78, 5) is 11.9. The SMILES string of the molecule is COC(=O)C1(c2ccccc2OC)CC1C. The maximum absolute atomic E-state index is 11.9. The van der Waals surface area contributed by atoms with Gasteiger partial charge in [0.2, 0.25) is 0 Å². The number of esters is 1. The van der Waals surface area contributed by atoms with Crippen LogP contribution in [0.4, 0.5) is 0 Å². The Morgan fingerprint density at radius 3 is 2.50 bits per heavy atom. The summed E-state index contributed by atoms with van der Waals surface area (Å²) in [7, 11) is 3.06. The van der Waals surface area contributed by atoms with Crippen LogP contribution in [-0.4, -0.2) is 20.2 Å². The van der Waals surface area contributed by atoms with Crippen LogP contribution in [0.5, 0.6) is 5.75 Å². The van der Waals surface area contributed by atoms with Gasteiger partial charge < -0.3 is 9.47 Å². The van der Waals surface area contributed by atoms with Crippen molar-refractivity contribution in [3.8, 4) is 5.75 Å². The van der Waals surface area contributed by atoms with E-state index in [-0.39, 0.29) is 5.97 Å². The summed E-state index contributed by atoms with van der Waals surface area (Å²) in [5.74, 6) is 0.915. The van der Waals surface area contributed by atoms with Crippen molar-refractivity contribution in [1.82, 2.24) is 0 Å². The minimum atomic E-state index is -0.485. The molecular formula is C13H16O3. The quantitative estimate of drug-likeness (QED) is 0.732. The van der Waals surface area contributed by atoms with Gasteiger partial charge in [-0.1, -0.05) is 25.1 Å². The lowest BCUT2D eigenvalue weighted by atomic mass is 9.92. The fourth-order valence-corrected chi connectivity index (χ4v) is 2.39. The van der Waals surface area contributed by atoms with E-state index in [9.17, 15) is 4.79 Å². The van der Waals surface area contributed by atoms with E-state index in [0.717, 1.165) is 17.7 Å². The third-order valence-electron chi connectivity index (χ3n) is 3.45. The summed E-state index contributed by atoms with van der Waals surface area (Å²) < 4.78 is 10.2. The summed E-state index contributed by atoms with van der Waals surface area (Å²) in [6, 6.07) is 7.65. The molecule has 0 spiro atoms. The highest BCUT2D eigenvalue weighted by atomic mass is 16.5. The smallest absolute Gasteiger partial charge is 0.316 e. The van der Waals surface area contributed by atoms with E-state index >= 15 is 0 Å². The van der Waals surface area contributed by atoms with Crippen molar-refractivity contribution >= 4 is 5.97 Å². The Morgan fingerprint density at radius 1 is 1.38 bits per heavy atom. The molecule has 0 N–H and O–H groups in total. The van der Waals surface area contributed by atoms with Gasteiger partial charge in [0.25, 0.3) is 0 Å². The van der Waals surface area contributed by atoms with Crippen molar-refractivity contribution in [2.24, 2.45) is 5.92 Å². The zero-order valence-electron chi connectivity index (χ0n) is 9.82. The maximum Gasteiger partial charge on any atom is 0.316 e. The van der Waals surface area contributed by atoms with Gasteiger partial charge in [-0.25, -0.2) is 0 Å². The lowest BCUT2D eigenvalue weighted by Gasteiger charge is -2.17. The summed E-state index contributed by atoms with van der Waals surface area (Å²) in [6.45, 7) is 2.06. The number of methoxy groups -OCH3 is 2. The second kappa shape index (κ2) is 3.81. The largest absolute Gasteiger partial charge is 0.496 e. The van der Waals surface area contributed by atoms with Crippen LogP contribution in [0.25, 0.3) is 0 Å². The first-order valence-corrected chi connectivity index (χ1v) is 5.38. The minimum absolute atomic E-state index is 0.162. The summed E-state index contributed by atoms with van der Waals surface area (Å²) in [5.41, 5.74) is 0.457. The Labute approximate surface area is 95.4 Å². The number of carbonyl (C=O) groups is 1. The molecule has 2 unspecified atom stereocenters. The van der Waals surface area contributed by atoms with Crippen LogP contribution in [0.2, 0.25) is 0 Å². The third kappa shape index (κ3) is 1.39. The predicted molar refractivity (Wildman–Crippen MR) is 60.5 cm³/mol.